The zero-order chi connectivity index (χ0) is 61.5. The first-order chi connectivity index (χ1) is 43.2. The topological polar surface area (TPSA) is 175 Å². The Bertz CT molecular complexity index is 4650. The summed E-state index contributed by atoms with van der Waals surface area (Å²) in [4.78, 5) is 68.6. The van der Waals surface area contributed by atoms with Crippen LogP contribution in [0.25, 0.3) is 61.2 Å². The highest BCUT2D eigenvalue weighted by Crippen LogP contribution is 2.50. The number of carbonyl (C=O) groups is 3. The lowest BCUT2D eigenvalue weighted by Gasteiger charge is -2.20. The van der Waals surface area contributed by atoms with Crippen molar-refractivity contribution in [3.8, 4) is 33.9 Å². The van der Waals surface area contributed by atoms with Crippen LogP contribution in [0.4, 0.5) is 14.4 Å². The third kappa shape index (κ3) is 9.81. The third-order valence-corrected chi connectivity index (χ3v) is 18.9. The average Bonchev–Trinajstić information content (AvgIpc) is 2.98. The van der Waals surface area contributed by atoms with Crippen molar-refractivity contribution in [2.24, 2.45) is 9.98 Å². The molecule has 0 spiro atoms. The van der Waals surface area contributed by atoms with Crippen molar-refractivity contribution >= 4 is 81.3 Å². The minimum absolute atomic E-state index is 0.0309. The van der Waals surface area contributed by atoms with Gasteiger partial charge in [-0.05, 0) is 170 Å². The Morgan fingerprint density at radius 1 is 0.753 bits per heavy atom. The zero-order valence-corrected chi connectivity index (χ0v) is 50.6. The molecule has 4 aromatic carbocycles. The number of benzene rings is 4. The zero-order valence-electron chi connectivity index (χ0n) is 50.6. The van der Waals surface area contributed by atoms with E-state index < -0.39 is 13.4 Å². The first-order valence-electron chi connectivity index (χ1n) is 30.4. The molecule has 8 aromatic rings. The van der Waals surface area contributed by atoms with Crippen LogP contribution in [0.1, 0.15) is 141 Å². The largest absolute Gasteiger partial charge is 0.679 e. The van der Waals surface area contributed by atoms with Gasteiger partial charge >= 0.3 is 19.3 Å². The smallest absolute Gasteiger partial charge is 0.497 e. The van der Waals surface area contributed by atoms with E-state index >= 15 is 8.63 Å². The fraction of sp³-hybridized carbons (Fsp3) is 0.264. The van der Waals surface area contributed by atoms with Gasteiger partial charge in [0.1, 0.15) is 23.9 Å². The third-order valence-electron chi connectivity index (χ3n) is 18.9. The number of aliphatic imine (C=N–C) groups is 2. The van der Waals surface area contributed by atoms with Crippen molar-refractivity contribution in [1.82, 2.24) is 24.4 Å². The van der Waals surface area contributed by atoms with Gasteiger partial charge in [0.05, 0.1) is 42.5 Å². The minimum atomic E-state index is -2.91. The summed E-state index contributed by atoms with van der Waals surface area (Å²) in [6.07, 6.45) is 4.03. The number of methoxy groups -OCH3 is 2. The van der Waals surface area contributed by atoms with Gasteiger partial charge in [-0.3, -0.25) is 23.2 Å². The normalized spacial score (nSPS) is 16.7. The minimum Gasteiger partial charge on any atom is -0.497 e. The monoisotopic (exact) mass is 1190 g/mol. The van der Waals surface area contributed by atoms with Gasteiger partial charge in [0.2, 0.25) is 0 Å². The number of Topliss-reactive ketones (excluding diaryl/α,β-unsaturated/α-hetero) is 1. The molecule has 14 nitrogen and oxygen atoms in total. The number of rotatable bonds is 14. The van der Waals surface area contributed by atoms with Crippen LogP contribution in [0, 0.1) is 13.8 Å². The van der Waals surface area contributed by atoms with Gasteiger partial charge in [0.15, 0.2) is 18.2 Å². The van der Waals surface area contributed by atoms with Crippen LogP contribution in [-0.4, -0.2) is 81.9 Å². The summed E-state index contributed by atoms with van der Waals surface area (Å²) in [5.41, 5.74) is 21.9. The molecule has 446 valence electrons. The van der Waals surface area contributed by atoms with Crippen LogP contribution in [0.3, 0.4) is 0 Å². The lowest BCUT2D eigenvalue weighted by atomic mass is 9.83. The molecule has 8 bridgehead atoms. The van der Waals surface area contributed by atoms with E-state index in [9.17, 15) is 14.4 Å². The Labute approximate surface area is 513 Å². The Morgan fingerprint density at radius 3 is 2.21 bits per heavy atom. The van der Waals surface area contributed by atoms with Crippen LogP contribution >= 0.6 is 0 Å². The lowest BCUT2D eigenvalue weighted by molar-refractivity contribution is -0.147. The number of aromatic nitrogens is 5. The summed E-state index contributed by atoms with van der Waals surface area (Å²) >= 11 is 0. The highest BCUT2D eigenvalue weighted by atomic mass is 19.2. The number of fused-ring (bicyclic) bond motifs is 14. The van der Waals surface area contributed by atoms with E-state index in [0.29, 0.717) is 72.0 Å². The SMILES string of the molecule is CCC1=C(C)c2cc3[nH]c(cc4nc(c5c6[nH]c(cc1n2)c(C)c6C(=O)C5)[C@@H](CCC(=O)OC)[C@@H]4C)c(C)c3COC(=O)COc1ccc2c(c1)CCC1=C(c3ccccc3)/C(=N/c3c(-c4ccccc4)c4c(n3B(F)F)-c3ccc(OC)cc3CC4)N=C12. The molecular weight excluding hydrogens is 1120 g/mol. The van der Waals surface area contributed by atoms with Crippen molar-refractivity contribution in [3.05, 3.63) is 199 Å². The van der Waals surface area contributed by atoms with E-state index in [1.54, 1.807) is 7.11 Å². The number of esters is 2. The predicted molar refractivity (Wildman–Crippen MR) is 343 cm³/mol. The molecule has 6 aliphatic rings. The van der Waals surface area contributed by atoms with Crippen LogP contribution in [0.15, 0.2) is 131 Å². The van der Waals surface area contributed by atoms with Crippen molar-refractivity contribution < 1.29 is 42.0 Å². The van der Waals surface area contributed by atoms with Gasteiger partial charge in [-0.1, -0.05) is 74.5 Å². The number of ether oxygens (including phenoxy) is 4. The van der Waals surface area contributed by atoms with E-state index in [4.69, 9.17) is 38.9 Å². The van der Waals surface area contributed by atoms with Gasteiger partial charge in [-0.2, -0.15) is 0 Å². The van der Waals surface area contributed by atoms with Gasteiger partial charge in [0, 0.05) is 91.6 Å². The van der Waals surface area contributed by atoms with Gasteiger partial charge < -0.3 is 33.4 Å². The molecule has 7 heterocycles. The number of ketones is 1. The summed E-state index contributed by atoms with van der Waals surface area (Å²) in [7, 11) is 0.0797. The molecule has 0 saturated carbocycles. The molecule has 3 aliphatic carbocycles. The molecule has 0 saturated heterocycles. The number of amidine groups is 1. The Morgan fingerprint density at radius 2 is 1.46 bits per heavy atom. The van der Waals surface area contributed by atoms with Gasteiger partial charge in [0.25, 0.3) is 0 Å². The predicted octanol–water partition coefficient (Wildman–Crippen LogP) is 14.9. The lowest BCUT2D eigenvalue weighted by Crippen LogP contribution is -2.16. The summed E-state index contributed by atoms with van der Waals surface area (Å²) in [5.74, 6) is 0.525. The van der Waals surface area contributed by atoms with Crippen molar-refractivity contribution in [2.45, 2.75) is 104 Å². The molecule has 14 rings (SSSR count). The Hall–Kier alpha value is -9.77. The first-order valence-corrected chi connectivity index (χ1v) is 30.4. The van der Waals surface area contributed by atoms with E-state index in [0.717, 1.165) is 139 Å². The summed E-state index contributed by atoms with van der Waals surface area (Å²) in [6.45, 7) is 9.80. The number of aromatic amines is 2. The molecule has 89 heavy (non-hydrogen) atoms. The van der Waals surface area contributed by atoms with E-state index in [1.807, 2.05) is 129 Å². The first kappa shape index (κ1) is 57.0. The second kappa shape index (κ2) is 22.7. The van der Waals surface area contributed by atoms with E-state index in [1.165, 1.54) is 7.11 Å². The molecule has 0 fully saturated rings. The highest BCUT2D eigenvalue weighted by molar-refractivity contribution is 6.44. The fourth-order valence-electron chi connectivity index (χ4n) is 14.3. The number of nitrogens with one attached hydrogen (secondary N) is 2. The van der Waals surface area contributed by atoms with E-state index in [2.05, 4.69) is 30.7 Å². The van der Waals surface area contributed by atoms with Crippen LogP contribution in [0.2, 0.25) is 0 Å². The second-order valence-corrected chi connectivity index (χ2v) is 23.7. The molecule has 2 atom stereocenters. The molecular formula is C72H64BF2N7O7. The maximum Gasteiger partial charge on any atom is 0.679 e. The number of allylic oxidation sites excluding steroid dienone is 3. The highest BCUT2D eigenvalue weighted by Gasteiger charge is 2.39. The molecule has 0 radical (unpaired) electrons. The number of hydrogen-bond donors (Lipinski definition) is 2. The molecule has 0 amide bonds. The maximum absolute atomic E-state index is 16.0. The summed E-state index contributed by atoms with van der Waals surface area (Å²) in [5, 5.41) is 0. The molecule has 3 aliphatic heterocycles. The van der Waals surface area contributed by atoms with Crippen molar-refractivity contribution in [3.63, 3.8) is 0 Å². The molecule has 17 heteroatoms. The fourth-order valence-corrected chi connectivity index (χ4v) is 14.3. The van der Waals surface area contributed by atoms with Crippen LogP contribution in [-0.2, 0) is 51.4 Å². The molecule has 2 N–H and O–H groups in total. The second-order valence-electron chi connectivity index (χ2n) is 23.7. The van der Waals surface area contributed by atoms with Crippen LogP contribution < -0.4 is 9.47 Å². The number of nitrogens with zero attached hydrogens (tertiary/aromatic N) is 5. The number of halogens is 2. The average molecular weight is 1190 g/mol. The van der Waals surface area contributed by atoms with Gasteiger partial charge in [-0.15, -0.1) is 0 Å². The van der Waals surface area contributed by atoms with E-state index in [-0.39, 0.29) is 55.5 Å². The Balaban J connectivity index is 0.781. The maximum atomic E-state index is 16.0. The quantitative estimate of drug-likeness (QED) is 0.0793. The van der Waals surface area contributed by atoms with Crippen LogP contribution in [0.5, 0.6) is 11.5 Å². The van der Waals surface area contributed by atoms with Gasteiger partial charge in [-0.25, -0.2) is 19.8 Å². The van der Waals surface area contributed by atoms with Crippen molar-refractivity contribution in [1.29, 1.82) is 0 Å². The Kier molecular flexibility index (Phi) is 14.6. The standard InChI is InChI=1S/C72H64BF2N7O7/c1-8-47-37(2)56-33-60-54(39(4)55(77-60)32-57-38(3)48(27-28-62(84)87-7)67(78-57)53-31-61(83)64-40(5)58(79-69(53)64)34-59(47)76-56)35-89-63(85)36-88-46-22-25-49-43(30-46)19-23-51-65(41-15-11-9-12-16-41)71(80-68(49)51)81-72-66(42-17-13-10-14-18-42)52-24-20-44-29-45(86-6)21-26-50(44)70(52)82(72)73(74)75/h9-18,21-22,25-26,29-30,32-34,38,48,77,79H,8,19-20,23-24,27-28,31,35-36H2,1-7H3/b55-32?,56-33?,57-32?,58-34?,59-34?,60-33?,67-53?,81-71-/t38-,48-/m0/s1. The molecule has 4 aromatic heterocycles. The number of carbonyl (C=O) groups excluding carboxylic acids is 3. The summed E-state index contributed by atoms with van der Waals surface area (Å²) < 4.78 is 55.9. The number of H-pyrrole nitrogens is 2. The number of hydrogen-bond acceptors (Lipinski definition) is 10. The summed E-state index contributed by atoms with van der Waals surface area (Å²) in [6, 6.07) is 36.9. The number of aryl methyl sites for hydroxylation is 4. The molecule has 0 unspecified atom stereocenters. The van der Waals surface area contributed by atoms with Crippen molar-refractivity contribution in [2.75, 3.05) is 20.8 Å².